The van der Waals surface area contributed by atoms with Gasteiger partial charge in [-0.15, -0.1) is 0 Å². The molecule has 0 fully saturated rings. The second-order valence-electron chi connectivity index (χ2n) is 5.57. The van der Waals surface area contributed by atoms with E-state index in [2.05, 4.69) is 0 Å². The Bertz CT molecular complexity index is 1040. The number of carbonyl (C=O) groups excluding carboxylic acids is 1. The maximum absolute atomic E-state index is 12.2. The van der Waals surface area contributed by atoms with E-state index in [1.54, 1.807) is 54.6 Å². The van der Waals surface area contributed by atoms with E-state index in [-0.39, 0.29) is 4.90 Å². The highest BCUT2D eigenvalue weighted by molar-refractivity contribution is 7.89. The molecule has 0 aliphatic heterocycles. The molecule has 7 heteroatoms. The van der Waals surface area contributed by atoms with E-state index in [9.17, 15) is 13.2 Å². The zero-order valence-corrected chi connectivity index (χ0v) is 14.6. The summed E-state index contributed by atoms with van der Waals surface area (Å²) in [5, 5.41) is 5.42. The molecule has 0 aliphatic carbocycles. The molecule has 0 radical (unpaired) electrons. The molecule has 0 saturated carbocycles. The van der Waals surface area contributed by atoms with Crippen LogP contribution in [0.15, 0.2) is 83.8 Å². The lowest BCUT2D eigenvalue weighted by molar-refractivity contribution is 0.256. The van der Waals surface area contributed by atoms with Gasteiger partial charge in [-0.05, 0) is 29.8 Å². The molecule has 3 aromatic carbocycles. The fourth-order valence-corrected chi connectivity index (χ4v) is 3.58. The quantitative estimate of drug-likeness (QED) is 0.739. The lowest BCUT2D eigenvalue weighted by Crippen LogP contribution is -2.32. The molecule has 0 aliphatic rings. The van der Waals surface area contributed by atoms with E-state index in [1.807, 2.05) is 12.1 Å². The first-order valence-electron chi connectivity index (χ1n) is 7.75. The van der Waals surface area contributed by atoms with Crippen LogP contribution in [0.3, 0.4) is 0 Å². The van der Waals surface area contributed by atoms with Gasteiger partial charge in [0.05, 0.1) is 16.3 Å². The minimum absolute atomic E-state index is 0.0802. The molecule has 0 saturated heterocycles. The molecule has 0 atom stereocenters. The fourth-order valence-electron chi connectivity index (χ4n) is 2.80. The highest BCUT2D eigenvalue weighted by Gasteiger charge is 2.24. The van der Waals surface area contributed by atoms with Crippen LogP contribution in [0.4, 0.5) is 16.2 Å². The van der Waals surface area contributed by atoms with Crippen LogP contribution in [0.1, 0.15) is 0 Å². The normalized spacial score (nSPS) is 11.1. The first-order chi connectivity index (χ1) is 12.4. The molecular weight excluding hydrogens is 350 g/mol. The second kappa shape index (κ2) is 6.99. The zero-order chi connectivity index (χ0) is 18.7. The maximum atomic E-state index is 12.2. The van der Waals surface area contributed by atoms with Crippen molar-refractivity contribution in [2.24, 2.45) is 10.9 Å². The number of sulfonamides is 1. The molecule has 3 rings (SSSR count). The van der Waals surface area contributed by atoms with Crippen LogP contribution in [0.25, 0.3) is 11.1 Å². The average molecular weight is 367 g/mol. The Hall–Kier alpha value is -3.16. The van der Waals surface area contributed by atoms with Crippen molar-refractivity contribution < 1.29 is 13.2 Å². The Morgan fingerprint density at radius 3 is 1.92 bits per heavy atom. The molecule has 4 N–H and O–H groups in total. The van der Waals surface area contributed by atoms with Crippen molar-refractivity contribution in [3.63, 3.8) is 0 Å². The third-order valence-electron chi connectivity index (χ3n) is 3.85. The standard InChI is InChI=1S/C19H17N3O3S/c20-19(23)22(15-10-5-2-6-11-15)16-12-7-13-17(26(21,24)25)18(16)14-8-3-1-4-9-14/h1-13H,(H2,20,23)(H2,21,24,25). The van der Waals surface area contributed by atoms with Gasteiger partial charge in [0.15, 0.2) is 0 Å². The molecule has 2 amide bonds. The lowest BCUT2D eigenvalue weighted by atomic mass is 10.0. The number of amides is 2. The van der Waals surface area contributed by atoms with Crippen molar-refractivity contribution in [2.45, 2.75) is 4.90 Å². The molecule has 0 aromatic heterocycles. The number of anilines is 2. The largest absolute Gasteiger partial charge is 0.351 e. The van der Waals surface area contributed by atoms with Gasteiger partial charge in [-0.1, -0.05) is 54.6 Å². The number of primary amides is 1. The Morgan fingerprint density at radius 1 is 0.808 bits per heavy atom. The number of hydrogen-bond donors (Lipinski definition) is 2. The van der Waals surface area contributed by atoms with Crippen LogP contribution < -0.4 is 15.8 Å². The van der Waals surface area contributed by atoms with Gasteiger partial charge in [-0.3, -0.25) is 4.90 Å². The third kappa shape index (κ3) is 3.44. The van der Waals surface area contributed by atoms with Gasteiger partial charge in [-0.2, -0.15) is 0 Å². The number of rotatable bonds is 4. The third-order valence-corrected chi connectivity index (χ3v) is 4.80. The van der Waals surface area contributed by atoms with Crippen LogP contribution in [0.5, 0.6) is 0 Å². The molecule has 3 aromatic rings. The van der Waals surface area contributed by atoms with Crippen LogP contribution in [0.2, 0.25) is 0 Å². The molecule has 132 valence electrons. The van der Waals surface area contributed by atoms with E-state index in [4.69, 9.17) is 10.9 Å². The van der Waals surface area contributed by atoms with E-state index >= 15 is 0 Å². The summed E-state index contributed by atoms with van der Waals surface area (Å²) < 4.78 is 24.3. The van der Waals surface area contributed by atoms with Gasteiger partial charge < -0.3 is 5.73 Å². The van der Waals surface area contributed by atoms with Crippen LogP contribution >= 0.6 is 0 Å². The number of primary sulfonamides is 1. The topological polar surface area (TPSA) is 106 Å². The van der Waals surface area contributed by atoms with Crippen LogP contribution in [-0.4, -0.2) is 14.4 Å². The van der Waals surface area contributed by atoms with Gasteiger partial charge in [0.2, 0.25) is 10.0 Å². The van der Waals surface area contributed by atoms with Crippen molar-refractivity contribution in [3.8, 4) is 11.1 Å². The van der Waals surface area contributed by atoms with E-state index in [0.29, 0.717) is 22.5 Å². The maximum Gasteiger partial charge on any atom is 0.323 e. The highest BCUT2D eigenvalue weighted by Crippen LogP contribution is 2.39. The summed E-state index contributed by atoms with van der Waals surface area (Å²) in [5.74, 6) is 0. The molecule has 26 heavy (non-hydrogen) atoms. The first kappa shape index (κ1) is 17.7. The van der Waals surface area contributed by atoms with Gasteiger partial charge in [0.25, 0.3) is 0 Å². The fraction of sp³-hybridized carbons (Fsp3) is 0. The minimum atomic E-state index is -4.02. The second-order valence-corrected chi connectivity index (χ2v) is 7.10. The van der Waals surface area contributed by atoms with Gasteiger partial charge in [0.1, 0.15) is 0 Å². The van der Waals surface area contributed by atoms with Crippen molar-refractivity contribution in [1.82, 2.24) is 0 Å². The predicted octanol–water partition coefficient (Wildman–Crippen LogP) is 3.22. The van der Waals surface area contributed by atoms with E-state index < -0.39 is 16.1 Å². The average Bonchev–Trinajstić information content (AvgIpc) is 2.62. The van der Waals surface area contributed by atoms with Crippen LogP contribution in [-0.2, 0) is 10.0 Å². The highest BCUT2D eigenvalue weighted by atomic mass is 32.2. The summed E-state index contributed by atoms with van der Waals surface area (Å²) in [7, 11) is -4.02. The van der Waals surface area contributed by atoms with Crippen molar-refractivity contribution >= 4 is 27.4 Å². The molecular formula is C19H17N3O3S. The number of carbonyl (C=O) groups is 1. The van der Waals surface area contributed by atoms with Gasteiger partial charge in [-0.25, -0.2) is 18.4 Å². The summed E-state index contributed by atoms with van der Waals surface area (Å²) in [5.41, 5.74) is 7.39. The van der Waals surface area contributed by atoms with E-state index in [0.717, 1.165) is 0 Å². The Morgan fingerprint density at radius 2 is 1.38 bits per heavy atom. The number of nitrogens with two attached hydrogens (primary N) is 2. The summed E-state index contributed by atoms with van der Waals surface area (Å²) in [6, 6.07) is 21.4. The van der Waals surface area contributed by atoms with Crippen LogP contribution in [0, 0.1) is 0 Å². The SMILES string of the molecule is NC(=O)N(c1ccccc1)c1cccc(S(N)(=O)=O)c1-c1ccccc1. The number of hydrogen-bond acceptors (Lipinski definition) is 3. The number of urea groups is 1. The Balaban J connectivity index is 2.36. The molecule has 6 nitrogen and oxygen atoms in total. The first-order valence-corrected chi connectivity index (χ1v) is 9.30. The monoisotopic (exact) mass is 367 g/mol. The van der Waals surface area contributed by atoms with Crippen molar-refractivity contribution in [2.75, 3.05) is 4.90 Å². The summed E-state index contributed by atoms with van der Waals surface area (Å²) >= 11 is 0. The van der Waals surface area contributed by atoms with Gasteiger partial charge >= 0.3 is 6.03 Å². The Labute approximate surface area is 151 Å². The molecule has 0 unspecified atom stereocenters. The van der Waals surface area contributed by atoms with Gasteiger partial charge in [0, 0.05) is 5.56 Å². The number of benzene rings is 3. The molecule has 0 bridgehead atoms. The smallest absolute Gasteiger partial charge is 0.323 e. The van der Waals surface area contributed by atoms with Crippen molar-refractivity contribution in [1.29, 1.82) is 0 Å². The lowest BCUT2D eigenvalue weighted by Gasteiger charge is -2.25. The van der Waals surface area contributed by atoms with Crippen molar-refractivity contribution in [3.05, 3.63) is 78.9 Å². The summed E-state index contributed by atoms with van der Waals surface area (Å²) in [6.45, 7) is 0. The zero-order valence-electron chi connectivity index (χ0n) is 13.7. The van der Waals surface area contributed by atoms with E-state index in [1.165, 1.54) is 17.0 Å². The minimum Gasteiger partial charge on any atom is -0.351 e. The predicted molar refractivity (Wildman–Crippen MR) is 101 cm³/mol. The Kier molecular flexibility index (Phi) is 4.75. The number of nitrogens with zero attached hydrogens (tertiary/aromatic N) is 1. The summed E-state index contributed by atoms with van der Waals surface area (Å²) in [6.07, 6.45) is 0. The molecule has 0 heterocycles. The number of para-hydroxylation sites is 1. The molecule has 0 spiro atoms. The summed E-state index contributed by atoms with van der Waals surface area (Å²) in [4.78, 5) is 13.4.